The van der Waals surface area contributed by atoms with Crippen molar-refractivity contribution in [1.29, 1.82) is 0 Å². The molecule has 1 aromatic heterocycles. The van der Waals surface area contributed by atoms with Crippen LogP contribution in [0.25, 0.3) is 0 Å². The van der Waals surface area contributed by atoms with Crippen molar-refractivity contribution >= 4 is 34.1 Å². The van der Waals surface area contributed by atoms with Gasteiger partial charge in [-0.2, -0.15) is 0 Å². The molecule has 0 bridgehead atoms. The maximum atomic E-state index is 12.8. The van der Waals surface area contributed by atoms with E-state index in [1.807, 2.05) is 13.8 Å². The van der Waals surface area contributed by atoms with Crippen LogP contribution >= 0.6 is 11.3 Å². The third-order valence-electron chi connectivity index (χ3n) is 4.56. The van der Waals surface area contributed by atoms with Gasteiger partial charge in [-0.25, -0.2) is 4.79 Å². The second kappa shape index (κ2) is 10.1. The summed E-state index contributed by atoms with van der Waals surface area (Å²) in [7, 11) is 2.85. The first-order valence-corrected chi connectivity index (χ1v) is 10.1. The van der Waals surface area contributed by atoms with Gasteiger partial charge in [-0.05, 0) is 44.0 Å². The zero-order valence-corrected chi connectivity index (χ0v) is 18.1. The number of nitrogens with zero attached hydrogens (tertiary/aromatic N) is 1. The van der Waals surface area contributed by atoms with Gasteiger partial charge < -0.3 is 19.7 Å². The van der Waals surface area contributed by atoms with Gasteiger partial charge in [0.1, 0.15) is 10.8 Å². The third kappa shape index (κ3) is 5.14. The molecular weight excluding hydrogens is 392 g/mol. The number of benzene rings is 1. The van der Waals surface area contributed by atoms with Crippen molar-refractivity contribution < 1.29 is 23.9 Å². The first-order valence-electron chi connectivity index (χ1n) is 9.29. The monoisotopic (exact) mass is 418 g/mol. The summed E-state index contributed by atoms with van der Waals surface area (Å²) >= 11 is 1.10. The molecule has 8 heteroatoms. The highest BCUT2D eigenvalue weighted by atomic mass is 32.1. The van der Waals surface area contributed by atoms with Gasteiger partial charge in [-0.1, -0.05) is 12.1 Å². The number of esters is 1. The average molecular weight is 419 g/mol. The van der Waals surface area contributed by atoms with Crippen molar-refractivity contribution in [3.63, 3.8) is 0 Å². The number of anilines is 1. The highest BCUT2D eigenvalue weighted by Gasteiger charge is 2.28. The summed E-state index contributed by atoms with van der Waals surface area (Å²) in [6.07, 6.45) is 0.126. The van der Waals surface area contributed by atoms with Gasteiger partial charge in [0.15, 0.2) is 0 Å². The number of hydrogen-bond donors (Lipinski definition) is 1. The van der Waals surface area contributed by atoms with Gasteiger partial charge in [-0.3, -0.25) is 9.59 Å². The molecular formula is C21H26N2O5S. The lowest BCUT2D eigenvalue weighted by Gasteiger charge is -2.17. The third-order valence-corrected chi connectivity index (χ3v) is 5.75. The minimum atomic E-state index is -0.586. The van der Waals surface area contributed by atoms with E-state index in [4.69, 9.17) is 9.47 Å². The summed E-state index contributed by atoms with van der Waals surface area (Å²) < 4.78 is 9.98. The Morgan fingerprint density at radius 2 is 1.69 bits per heavy atom. The summed E-state index contributed by atoms with van der Waals surface area (Å²) in [5, 5.41) is 3.09. The summed E-state index contributed by atoms with van der Waals surface area (Å²) in [5.41, 5.74) is 1.53. The molecule has 0 aliphatic carbocycles. The SMILES string of the molecule is CCN(CC)C(=O)c1sc(NC(=O)Cc2ccc(OC)cc2)c(C(=O)OC)c1C. The fourth-order valence-electron chi connectivity index (χ4n) is 2.91. The van der Waals surface area contributed by atoms with Crippen molar-refractivity contribution in [3.05, 3.63) is 45.8 Å². The predicted molar refractivity (Wildman–Crippen MR) is 113 cm³/mol. The quantitative estimate of drug-likeness (QED) is 0.663. The van der Waals surface area contributed by atoms with E-state index in [9.17, 15) is 14.4 Å². The van der Waals surface area contributed by atoms with Crippen LogP contribution in [0.1, 0.15) is 45.0 Å². The standard InChI is InChI=1S/C21H26N2O5S/c1-6-23(7-2)20(25)18-13(3)17(21(26)28-5)19(29-18)22-16(24)12-14-8-10-15(27-4)11-9-14/h8-11H,6-7,12H2,1-5H3,(H,22,24). The van der Waals surface area contributed by atoms with Crippen LogP contribution in [0, 0.1) is 6.92 Å². The number of ether oxygens (including phenoxy) is 2. The Balaban J connectivity index is 2.29. The maximum Gasteiger partial charge on any atom is 0.341 e. The Morgan fingerprint density at radius 1 is 1.07 bits per heavy atom. The number of nitrogens with one attached hydrogen (secondary N) is 1. The number of amides is 2. The van der Waals surface area contributed by atoms with Crippen LogP contribution in [0.2, 0.25) is 0 Å². The second-order valence-electron chi connectivity index (χ2n) is 6.30. The molecule has 1 heterocycles. The lowest BCUT2D eigenvalue weighted by molar-refractivity contribution is -0.115. The van der Waals surface area contributed by atoms with E-state index >= 15 is 0 Å². The fraction of sp³-hybridized carbons (Fsp3) is 0.381. The first-order chi connectivity index (χ1) is 13.9. The predicted octanol–water partition coefficient (Wildman–Crippen LogP) is 3.51. The molecule has 0 fully saturated rings. The fourth-order valence-corrected chi connectivity index (χ4v) is 4.09. The molecule has 0 aliphatic rings. The number of rotatable bonds is 8. The minimum Gasteiger partial charge on any atom is -0.497 e. The van der Waals surface area contributed by atoms with Gasteiger partial charge in [0.2, 0.25) is 5.91 Å². The van der Waals surface area contributed by atoms with Crippen LogP contribution in [-0.4, -0.2) is 50.0 Å². The molecule has 2 rings (SSSR count). The summed E-state index contributed by atoms with van der Waals surface area (Å²) in [6, 6.07) is 7.15. The van der Waals surface area contributed by atoms with Gasteiger partial charge in [0.25, 0.3) is 5.91 Å². The van der Waals surface area contributed by atoms with Crippen molar-refractivity contribution in [2.75, 3.05) is 32.6 Å². The topological polar surface area (TPSA) is 84.9 Å². The van der Waals surface area contributed by atoms with Crippen molar-refractivity contribution in [3.8, 4) is 5.75 Å². The van der Waals surface area contributed by atoms with E-state index in [0.29, 0.717) is 34.3 Å². The van der Waals surface area contributed by atoms with E-state index < -0.39 is 5.97 Å². The normalized spacial score (nSPS) is 10.4. The molecule has 0 saturated carbocycles. The Bertz CT molecular complexity index is 885. The Hall–Kier alpha value is -2.87. The molecule has 0 saturated heterocycles. The second-order valence-corrected chi connectivity index (χ2v) is 7.32. The molecule has 1 N–H and O–H groups in total. The molecule has 1 aromatic carbocycles. The molecule has 29 heavy (non-hydrogen) atoms. The van der Waals surface area contributed by atoms with Crippen LogP contribution < -0.4 is 10.1 Å². The van der Waals surface area contributed by atoms with E-state index in [0.717, 1.165) is 16.9 Å². The average Bonchev–Trinajstić information content (AvgIpc) is 3.04. The molecule has 7 nitrogen and oxygen atoms in total. The highest BCUT2D eigenvalue weighted by molar-refractivity contribution is 7.18. The number of carbonyl (C=O) groups excluding carboxylic acids is 3. The zero-order valence-electron chi connectivity index (χ0n) is 17.3. The van der Waals surface area contributed by atoms with Gasteiger partial charge in [0.05, 0.1) is 31.1 Å². The number of thiophene rings is 1. The Labute approximate surface area is 174 Å². The van der Waals surface area contributed by atoms with Crippen LogP contribution in [0.5, 0.6) is 5.75 Å². The molecule has 2 aromatic rings. The lowest BCUT2D eigenvalue weighted by Crippen LogP contribution is -2.30. The highest BCUT2D eigenvalue weighted by Crippen LogP contribution is 2.34. The Morgan fingerprint density at radius 3 is 2.21 bits per heavy atom. The van der Waals surface area contributed by atoms with Gasteiger partial charge >= 0.3 is 5.97 Å². The first kappa shape index (κ1) is 22.4. The van der Waals surface area contributed by atoms with E-state index in [2.05, 4.69) is 5.32 Å². The summed E-state index contributed by atoms with van der Waals surface area (Å²) in [5.74, 6) is -0.339. The molecule has 0 atom stereocenters. The largest absolute Gasteiger partial charge is 0.497 e. The summed E-state index contributed by atoms with van der Waals surface area (Å²) in [6.45, 7) is 6.59. The molecule has 0 aliphatic heterocycles. The van der Waals surface area contributed by atoms with E-state index in [-0.39, 0.29) is 23.8 Å². The number of hydrogen-bond acceptors (Lipinski definition) is 6. The molecule has 156 valence electrons. The molecule has 2 amide bonds. The molecule has 0 spiro atoms. The number of carbonyl (C=O) groups is 3. The maximum absolute atomic E-state index is 12.8. The minimum absolute atomic E-state index is 0.126. The van der Waals surface area contributed by atoms with Crippen molar-refractivity contribution in [2.45, 2.75) is 27.2 Å². The molecule has 0 unspecified atom stereocenters. The lowest BCUT2D eigenvalue weighted by atomic mass is 10.1. The van der Waals surface area contributed by atoms with Gasteiger partial charge in [-0.15, -0.1) is 11.3 Å². The van der Waals surface area contributed by atoms with Crippen molar-refractivity contribution in [1.82, 2.24) is 4.90 Å². The number of methoxy groups -OCH3 is 2. The van der Waals surface area contributed by atoms with E-state index in [1.54, 1.807) is 43.2 Å². The van der Waals surface area contributed by atoms with E-state index in [1.165, 1.54) is 7.11 Å². The van der Waals surface area contributed by atoms with Gasteiger partial charge in [0, 0.05) is 13.1 Å². The molecule has 0 radical (unpaired) electrons. The van der Waals surface area contributed by atoms with Crippen LogP contribution in [-0.2, 0) is 16.0 Å². The van der Waals surface area contributed by atoms with Crippen LogP contribution in [0.15, 0.2) is 24.3 Å². The zero-order chi connectivity index (χ0) is 21.6. The summed E-state index contributed by atoms with van der Waals surface area (Å²) in [4.78, 5) is 39.8. The van der Waals surface area contributed by atoms with Crippen LogP contribution in [0.3, 0.4) is 0 Å². The smallest absolute Gasteiger partial charge is 0.341 e. The Kier molecular flexibility index (Phi) is 7.78. The van der Waals surface area contributed by atoms with Crippen molar-refractivity contribution in [2.24, 2.45) is 0 Å². The van der Waals surface area contributed by atoms with Crippen LogP contribution in [0.4, 0.5) is 5.00 Å².